The predicted molar refractivity (Wildman–Crippen MR) is 134 cm³/mol. The molecule has 154 valence electrons. The second kappa shape index (κ2) is 7.98. The third-order valence-corrected chi connectivity index (χ3v) is 10.5. The van der Waals surface area contributed by atoms with Crippen molar-refractivity contribution < 1.29 is 4.74 Å². The molecule has 0 radical (unpaired) electrons. The van der Waals surface area contributed by atoms with Gasteiger partial charge in [0.25, 0.3) is 0 Å². The molecule has 0 aliphatic carbocycles. The Bertz CT molecular complexity index is 1070. The van der Waals surface area contributed by atoms with Gasteiger partial charge in [0.2, 0.25) is 0 Å². The molecule has 1 nitrogen and oxygen atoms in total. The summed E-state index contributed by atoms with van der Waals surface area (Å²) in [4.78, 5) is 0. The summed E-state index contributed by atoms with van der Waals surface area (Å²) in [6.07, 6.45) is 1.91. The highest BCUT2D eigenvalue weighted by atomic mass is 31.2. The Morgan fingerprint density at radius 1 is 0.645 bits per heavy atom. The van der Waals surface area contributed by atoms with Crippen LogP contribution in [0.1, 0.15) is 25.0 Å². The minimum absolute atomic E-state index is 0.147. The molecule has 0 saturated carbocycles. The van der Waals surface area contributed by atoms with E-state index in [4.69, 9.17) is 4.74 Å². The van der Waals surface area contributed by atoms with Crippen molar-refractivity contribution in [3.63, 3.8) is 0 Å². The second-order valence-corrected chi connectivity index (χ2v) is 12.4. The Balaban J connectivity index is 1.76. The lowest BCUT2D eigenvalue weighted by Gasteiger charge is -2.28. The van der Waals surface area contributed by atoms with Crippen LogP contribution in [-0.4, -0.2) is 5.60 Å². The predicted octanol–water partition coefficient (Wildman–Crippen LogP) is 5.89. The van der Waals surface area contributed by atoms with E-state index in [0.29, 0.717) is 0 Å². The molecule has 4 aromatic rings. The number of hydrogen-bond acceptors (Lipinski definition) is 1. The van der Waals surface area contributed by atoms with E-state index >= 15 is 0 Å². The van der Waals surface area contributed by atoms with Crippen molar-refractivity contribution in [2.45, 2.75) is 32.0 Å². The zero-order chi connectivity index (χ0) is 21.3. The third-order valence-electron chi connectivity index (χ3n) is 6.17. The van der Waals surface area contributed by atoms with Gasteiger partial charge in [0.05, 0.1) is 0 Å². The van der Waals surface area contributed by atoms with Gasteiger partial charge in [-0.05, 0) is 55.8 Å². The van der Waals surface area contributed by atoms with Crippen molar-refractivity contribution >= 4 is 23.2 Å². The van der Waals surface area contributed by atoms with Crippen molar-refractivity contribution in [1.82, 2.24) is 0 Å². The molecule has 0 bridgehead atoms. The lowest BCUT2D eigenvalue weighted by Crippen LogP contribution is -2.32. The van der Waals surface area contributed by atoms with E-state index in [1.165, 1.54) is 27.0 Å². The van der Waals surface area contributed by atoms with Gasteiger partial charge >= 0.3 is 0 Å². The van der Waals surface area contributed by atoms with Crippen molar-refractivity contribution in [3.05, 3.63) is 120 Å². The zero-order valence-electron chi connectivity index (χ0n) is 18.2. The van der Waals surface area contributed by atoms with Crippen LogP contribution in [0.3, 0.4) is 0 Å². The average Bonchev–Trinajstić information content (AvgIpc) is 3.14. The molecule has 0 fully saturated rings. The number of ether oxygens (including phenoxy) is 1. The number of benzene rings is 4. The van der Waals surface area contributed by atoms with E-state index in [9.17, 15) is 0 Å². The van der Waals surface area contributed by atoms with E-state index < -0.39 is 7.26 Å². The molecule has 1 aliphatic rings. The fraction of sp³-hybridized carbons (Fsp3) is 0.172. The summed E-state index contributed by atoms with van der Waals surface area (Å²) >= 11 is 0. The fourth-order valence-corrected chi connectivity index (χ4v) is 9.07. The first kappa shape index (κ1) is 20.0. The number of fused-ring (bicyclic) bond motifs is 1. The SMILES string of the molecule is CC1(C)Cc2cccc(C[P+](c3ccccc3)(c3ccccc3)c3ccccc3)c2O1. The molecular formula is C29H28OP+. The standard InChI is InChI=1S/C29H28OP/c1-29(2)21-23-13-12-14-24(28(23)30-29)22-31(25-15-6-3-7-16-25,26-17-8-4-9-18-26)27-19-10-5-11-20-27/h3-20H,21-22H2,1-2H3/q+1. The lowest BCUT2D eigenvalue weighted by molar-refractivity contribution is 0.137. The first-order valence-electron chi connectivity index (χ1n) is 10.9. The van der Waals surface area contributed by atoms with Crippen molar-refractivity contribution in [2.75, 3.05) is 0 Å². The van der Waals surface area contributed by atoms with Crippen LogP contribution in [-0.2, 0) is 12.6 Å². The van der Waals surface area contributed by atoms with E-state index in [-0.39, 0.29) is 5.60 Å². The van der Waals surface area contributed by atoms with Crippen molar-refractivity contribution in [3.8, 4) is 5.75 Å². The Morgan fingerprint density at radius 3 is 1.61 bits per heavy atom. The molecule has 0 spiro atoms. The number of hydrogen-bond donors (Lipinski definition) is 0. The summed E-state index contributed by atoms with van der Waals surface area (Å²) < 4.78 is 6.50. The Morgan fingerprint density at radius 2 is 1.13 bits per heavy atom. The largest absolute Gasteiger partial charge is 0.487 e. The second-order valence-electron chi connectivity index (χ2n) is 8.92. The molecule has 31 heavy (non-hydrogen) atoms. The number of para-hydroxylation sites is 1. The summed E-state index contributed by atoms with van der Waals surface area (Å²) in [6.45, 7) is 4.37. The topological polar surface area (TPSA) is 9.23 Å². The maximum atomic E-state index is 6.50. The van der Waals surface area contributed by atoms with E-state index in [1.807, 2.05) is 0 Å². The summed E-state index contributed by atoms with van der Waals surface area (Å²) in [5.74, 6) is 1.10. The summed E-state index contributed by atoms with van der Waals surface area (Å²) in [5, 5.41) is 4.21. The van der Waals surface area contributed by atoms with Crippen LogP contribution in [0, 0.1) is 0 Å². The average molecular weight is 424 g/mol. The van der Waals surface area contributed by atoms with Gasteiger partial charge in [-0.15, -0.1) is 0 Å². The molecule has 0 unspecified atom stereocenters. The summed E-state index contributed by atoms with van der Waals surface area (Å²) in [5.41, 5.74) is 2.49. The summed E-state index contributed by atoms with van der Waals surface area (Å²) in [7, 11) is -1.93. The fourth-order valence-electron chi connectivity index (χ4n) is 4.83. The molecule has 0 saturated heterocycles. The van der Waals surface area contributed by atoms with E-state index in [0.717, 1.165) is 18.3 Å². The van der Waals surface area contributed by atoms with Crippen molar-refractivity contribution in [1.29, 1.82) is 0 Å². The normalized spacial score (nSPS) is 14.6. The van der Waals surface area contributed by atoms with Crippen LogP contribution in [0.25, 0.3) is 0 Å². The van der Waals surface area contributed by atoms with Gasteiger partial charge < -0.3 is 4.74 Å². The molecule has 4 aromatic carbocycles. The van der Waals surface area contributed by atoms with Gasteiger partial charge in [-0.3, -0.25) is 0 Å². The molecule has 1 aliphatic heterocycles. The third kappa shape index (κ3) is 3.68. The summed E-state index contributed by atoms with van der Waals surface area (Å²) in [6, 6.07) is 39.9. The van der Waals surface area contributed by atoms with Crippen LogP contribution in [0.4, 0.5) is 0 Å². The van der Waals surface area contributed by atoms with Crippen LogP contribution >= 0.6 is 7.26 Å². The quantitative estimate of drug-likeness (QED) is 0.364. The first-order valence-corrected chi connectivity index (χ1v) is 12.9. The minimum atomic E-state index is -1.93. The van der Waals surface area contributed by atoms with E-state index in [1.54, 1.807) is 0 Å². The molecule has 0 atom stereocenters. The van der Waals surface area contributed by atoms with Crippen LogP contribution in [0.15, 0.2) is 109 Å². The maximum Gasteiger partial charge on any atom is 0.130 e. The first-order chi connectivity index (χ1) is 15.1. The van der Waals surface area contributed by atoms with Gasteiger partial charge in [-0.1, -0.05) is 72.8 Å². The highest BCUT2D eigenvalue weighted by Crippen LogP contribution is 2.59. The maximum absolute atomic E-state index is 6.50. The lowest BCUT2D eigenvalue weighted by atomic mass is 10.0. The zero-order valence-corrected chi connectivity index (χ0v) is 19.1. The van der Waals surface area contributed by atoms with Gasteiger partial charge in [0.15, 0.2) is 0 Å². The monoisotopic (exact) mass is 423 g/mol. The molecule has 0 aromatic heterocycles. The van der Waals surface area contributed by atoms with Gasteiger partial charge in [0.1, 0.15) is 40.7 Å². The van der Waals surface area contributed by atoms with Crippen LogP contribution in [0.2, 0.25) is 0 Å². The highest BCUT2D eigenvalue weighted by Gasteiger charge is 2.46. The van der Waals surface area contributed by atoms with Gasteiger partial charge in [-0.25, -0.2) is 0 Å². The Kier molecular flexibility index (Phi) is 5.16. The van der Waals surface area contributed by atoms with Crippen molar-refractivity contribution in [2.24, 2.45) is 0 Å². The Hall–Kier alpha value is -2.89. The minimum Gasteiger partial charge on any atom is -0.487 e. The number of rotatable bonds is 5. The van der Waals surface area contributed by atoms with Crippen LogP contribution < -0.4 is 20.7 Å². The molecule has 0 amide bonds. The smallest absolute Gasteiger partial charge is 0.130 e. The van der Waals surface area contributed by atoms with Gasteiger partial charge in [0, 0.05) is 12.0 Å². The highest BCUT2D eigenvalue weighted by molar-refractivity contribution is 7.95. The molecule has 2 heteroatoms. The Labute approximate surface area is 186 Å². The molecule has 5 rings (SSSR count). The molecular weight excluding hydrogens is 395 g/mol. The molecule has 1 heterocycles. The molecule has 0 N–H and O–H groups in total. The van der Waals surface area contributed by atoms with Gasteiger partial charge in [-0.2, -0.15) is 0 Å². The van der Waals surface area contributed by atoms with E-state index in [2.05, 4.69) is 123 Å². The van der Waals surface area contributed by atoms with Crippen LogP contribution in [0.5, 0.6) is 5.75 Å².